The smallest absolute Gasteiger partial charge is 0.225 e. The van der Waals surface area contributed by atoms with Crippen molar-refractivity contribution in [3.8, 4) is 0 Å². The van der Waals surface area contributed by atoms with Gasteiger partial charge in [0, 0.05) is 17.1 Å². The summed E-state index contributed by atoms with van der Waals surface area (Å²) in [6.45, 7) is 1.93. The molecule has 0 bridgehead atoms. The van der Waals surface area contributed by atoms with Crippen molar-refractivity contribution >= 4 is 27.7 Å². The van der Waals surface area contributed by atoms with Crippen LogP contribution in [0.4, 0.5) is 5.82 Å². The molecule has 1 aromatic carbocycles. The maximum Gasteiger partial charge on any atom is 0.225 e. The summed E-state index contributed by atoms with van der Waals surface area (Å²) < 4.78 is 1.04. The van der Waals surface area contributed by atoms with E-state index in [1.54, 1.807) is 6.20 Å². The van der Waals surface area contributed by atoms with Gasteiger partial charge in [-0.25, -0.2) is 4.98 Å². The van der Waals surface area contributed by atoms with Gasteiger partial charge in [0.25, 0.3) is 0 Å². The van der Waals surface area contributed by atoms with E-state index in [4.69, 9.17) is 0 Å². The summed E-state index contributed by atoms with van der Waals surface area (Å²) in [6.07, 6.45) is 2.83. The molecule has 0 atom stereocenters. The summed E-state index contributed by atoms with van der Waals surface area (Å²) >= 11 is 3.48. The van der Waals surface area contributed by atoms with E-state index in [-0.39, 0.29) is 5.91 Å². The Balaban J connectivity index is 1.92. The van der Waals surface area contributed by atoms with Gasteiger partial charge in [-0.1, -0.05) is 40.2 Å². The number of carbonyl (C=O) groups excluding carboxylic acids is 1. The predicted octanol–water partition coefficient (Wildman–Crippen LogP) is 3.72. The zero-order valence-corrected chi connectivity index (χ0v) is 12.3. The average Bonchev–Trinajstić information content (AvgIpc) is 2.40. The number of anilines is 1. The van der Waals surface area contributed by atoms with Crippen molar-refractivity contribution in [3.63, 3.8) is 0 Å². The first kappa shape index (κ1) is 13.7. The number of pyridine rings is 1. The summed E-state index contributed by atoms with van der Waals surface area (Å²) in [5, 5.41) is 2.83. The zero-order valence-electron chi connectivity index (χ0n) is 10.7. The molecule has 1 aromatic heterocycles. The molecule has 19 heavy (non-hydrogen) atoms. The largest absolute Gasteiger partial charge is 0.310 e. The van der Waals surface area contributed by atoms with E-state index in [9.17, 15) is 4.79 Å². The molecule has 3 nitrogen and oxygen atoms in total. The van der Waals surface area contributed by atoms with Gasteiger partial charge in [-0.3, -0.25) is 4.79 Å². The van der Waals surface area contributed by atoms with Crippen LogP contribution in [0, 0.1) is 6.92 Å². The molecule has 0 fully saturated rings. The predicted molar refractivity (Wildman–Crippen MR) is 80.1 cm³/mol. The van der Waals surface area contributed by atoms with Crippen molar-refractivity contribution in [3.05, 3.63) is 58.2 Å². The van der Waals surface area contributed by atoms with Gasteiger partial charge in [-0.2, -0.15) is 0 Å². The Bertz CT molecular complexity index is 584. The molecule has 2 aromatic rings. The number of nitrogens with zero attached hydrogens (tertiary/aromatic N) is 1. The van der Waals surface area contributed by atoms with E-state index in [1.165, 1.54) is 0 Å². The second kappa shape index (κ2) is 6.48. The SMILES string of the molecule is Cc1cccnc1NC(=O)CCc1ccccc1Br. The van der Waals surface area contributed by atoms with E-state index in [1.807, 2.05) is 43.3 Å². The number of hydrogen-bond donors (Lipinski definition) is 1. The second-order valence-electron chi connectivity index (χ2n) is 4.31. The van der Waals surface area contributed by atoms with Crippen LogP contribution in [0.2, 0.25) is 0 Å². The van der Waals surface area contributed by atoms with Gasteiger partial charge >= 0.3 is 0 Å². The Morgan fingerprint density at radius 1 is 1.26 bits per heavy atom. The van der Waals surface area contributed by atoms with Crippen molar-refractivity contribution in [1.29, 1.82) is 0 Å². The molecule has 1 amide bonds. The molecule has 2 rings (SSSR count). The van der Waals surface area contributed by atoms with Crippen LogP contribution in [0.1, 0.15) is 17.5 Å². The third-order valence-electron chi connectivity index (χ3n) is 2.85. The molecule has 98 valence electrons. The Morgan fingerprint density at radius 2 is 2.05 bits per heavy atom. The fourth-order valence-electron chi connectivity index (χ4n) is 1.76. The molecule has 0 radical (unpaired) electrons. The van der Waals surface area contributed by atoms with Gasteiger partial charge in [0.05, 0.1) is 0 Å². The van der Waals surface area contributed by atoms with E-state index < -0.39 is 0 Å². The monoisotopic (exact) mass is 318 g/mol. The lowest BCUT2D eigenvalue weighted by molar-refractivity contribution is -0.116. The molecule has 0 aliphatic heterocycles. The average molecular weight is 319 g/mol. The quantitative estimate of drug-likeness (QED) is 0.933. The lowest BCUT2D eigenvalue weighted by atomic mass is 10.1. The number of hydrogen-bond acceptors (Lipinski definition) is 2. The minimum atomic E-state index is -0.0162. The first-order valence-electron chi connectivity index (χ1n) is 6.11. The van der Waals surface area contributed by atoms with Crippen molar-refractivity contribution in [2.75, 3.05) is 5.32 Å². The molecule has 0 saturated carbocycles. The molecule has 4 heteroatoms. The topological polar surface area (TPSA) is 42.0 Å². The van der Waals surface area contributed by atoms with Crippen LogP contribution in [-0.2, 0) is 11.2 Å². The van der Waals surface area contributed by atoms with Crippen LogP contribution in [0.25, 0.3) is 0 Å². The maximum absolute atomic E-state index is 11.9. The van der Waals surface area contributed by atoms with Crippen LogP contribution in [0.15, 0.2) is 47.1 Å². The van der Waals surface area contributed by atoms with E-state index in [2.05, 4.69) is 26.2 Å². The molecule has 0 saturated heterocycles. The highest BCUT2D eigenvalue weighted by Gasteiger charge is 2.07. The first-order valence-corrected chi connectivity index (χ1v) is 6.91. The summed E-state index contributed by atoms with van der Waals surface area (Å²) in [4.78, 5) is 16.0. The molecule has 0 aliphatic rings. The van der Waals surface area contributed by atoms with E-state index in [0.717, 1.165) is 15.6 Å². The Labute approximate surface area is 121 Å². The van der Waals surface area contributed by atoms with Crippen molar-refractivity contribution in [2.45, 2.75) is 19.8 Å². The number of halogens is 1. The molecule has 0 unspecified atom stereocenters. The minimum absolute atomic E-state index is 0.0162. The standard InChI is InChI=1S/C15H15BrN2O/c1-11-5-4-10-17-15(11)18-14(19)9-8-12-6-2-3-7-13(12)16/h2-7,10H,8-9H2,1H3,(H,17,18,19). The van der Waals surface area contributed by atoms with Crippen LogP contribution in [0.3, 0.4) is 0 Å². The molecule has 1 N–H and O–H groups in total. The summed E-state index contributed by atoms with van der Waals surface area (Å²) in [7, 11) is 0. The number of aromatic nitrogens is 1. The molecule has 1 heterocycles. The summed E-state index contributed by atoms with van der Waals surface area (Å²) in [6, 6.07) is 11.7. The highest BCUT2D eigenvalue weighted by Crippen LogP contribution is 2.18. The first-order chi connectivity index (χ1) is 9.16. The third-order valence-corrected chi connectivity index (χ3v) is 3.62. The normalized spacial score (nSPS) is 10.2. The maximum atomic E-state index is 11.9. The van der Waals surface area contributed by atoms with Crippen molar-refractivity contribution in [2.24, 2.45) is 0 Å². The van der Waals surface area contributed by atoms with Crippen LogP contribution in [0.5, 0.6) is 0 Å². The van der Waals surface area contributed by atoms with E-state index in [0.29, 0.717) is 18.7 Å². The van der Waals surface area contributed by atoms with Crippen LogP contribution < -0.4 is 5.32 Å². The number of amides is 1. The second-order valence-corrected chi connectivity index (χ2v) is 5.16. The fraction of sp³-hybridized carbons (Fsp3) is 0.200. The molecular weight excluding hydrogens is 304 g/mol. The Morgan fingerprint density at radius 3 is 2.79 bits per heavy atom. The molecule has 0 aliphatic carbocycles. The van der Waals surface area contributed by atoms with Gasteiger partial charge in [-0.05, 0) is 36.6 Å². The van der Waals surface area contributed by atoms with Crippen LogP contribution >= 0.6 is 15.9 Å². The number of aryl methyl sites for hydroxylation is 2. The summed E-state index contributed by atoms with van der Waals surface area (Å²) in [5.41, 5.74) is 2.10. The molecule has 0 spiro atoms. The van der Waals surface area contributed by atoms with Gasteiger partial charge in [0.15, 0.2) is 0 Å². The lowest BCUT2D eigenvalue weighted by Gasteiger charge is -2.07. The van der Waals surface area contributed by atoms with Crippen molar-refractivity contribution in [1.82, 2.24) is 4.98 Å². The fourth-order valence-corrected chi connectivity index (χ4v) is 2.24. The van der Waals surface area contributed by atoms with Gasteiger partial charge in [-0.15, -0.1) is 0 Å². The zero-order chi connectivity index (χ0) is 13.7. The number of carbonyl (C=O) groups is 1. The number of benzene rings is 1. The van der Waals surface area contributed by atoms with Crippen LogP contribution in [-0.4, -0.2) is 10.9 Å². The minimum Gasteiger partial charge on any atom is -0.310 e. The lowest BCUT2D eigenvalue weighted by Crippen LogP contribution is -2.14. The van der Waals surface area contributed by atoms with Gasteiger partial charge < -0.3 is 5.32 Å². The Kier molecular flexibility index (Phi) is 4.68. The Hall–Kier alpha value is -1.68. The van der Waals surface area contributed by atoms with E-state index >= 15 is 0 Å². The third kappa shape index (κ3) is 3.89. The highest BCUT2D eigenvalue weighted by molar-refractivity contribution is 9.10. The highest BCUT2D eigenvalue weighted by atomic mass is 79.9. The number of rotatable bonds is 4. The summed E-state index contributed by atoms with van der Waals surface area (Å²) in [5.74, 6) is 0.622. The number of nitrogens with one attached hydrogen (secondary N) is 1. The molecular formula is C15H15BrN2O. The van der Waals surface area contributed by atoms with Gasteiger partial charge in [0.2, 0.25) is 5.91 Å². The van der Waals surface area contributed by atoms with Gasteiger partial charge in [0.1, 0.15) is 5.82 Å². The van der Waals surface area contributed by atoms with Crippen molar-refractivity contribution < 1.29 is 4.79 Å².